The van der Waals surface area contributed by atoms with Crippen molar-refractivity contribution in [3.63, 3.8) is 0 Å². The third-order valence-electron chi connectivity index (χ3n) is 3.35. The van der Waals surface area contributed by atoms with Crippen LogP contribution < -0.4 is 0 Å². The van der Waals surface area contributed by atoms with E-state index in [0.717, 1.165) is 19.3 Å². The summed E-state index contributed by atoms with van der Waals surface area (Å²) in [6.07, 6.45) is 2.78. The second-order valence-electron chi connectivity index (χ2n) is 4.44. The number of hydrogen-bond donors (Lipinski definition) is 1. The predicted molar refractivity (Wildman–Crippen MR) is 66.0 cm³/mol. The van der Waals surface area contributed by atoms with Crippen molar-refractivity contribution in [1.82, 2.24) is 4.31 Å². The summed E-state index contributed by atoms with van der Waals surface area (Å²) >= 11 is 0. The molecule has 0 radical (unpaired) electrons. The van der Waals surface area contributed by atoms with Crippen molar-refractivity contribution in [2.45, 2.75) is 30.2 Å². The predicted octanol–water partition coefficient (Wildman–Crippen LogP) is 1.56. The highest BCUT2D eigenvalue weighted by molar-refractivity contribution is 7.89. The molecule has 1 aliphatic rings. The molecule has 0 aromatic heterocycles. The van der Waals surface area contributed by atoms with Crippen molar-refractivity contribution < 1.29 is 18.3 Å². The molecular formula is C12H15NO4S. The molecule has 0 unspecified atom stereocenters. The van der Waals surface area contributed by atoms with Gasteiger partial charge in [0, 0.05) is 13.1 Å². The molecule has 1 aromatic rings. The van der Waals surface area contributed by atoms with E-state index in [-0.39, 0.29) is 16.5 Å². The van der Waals surface area contributed by atoms with Crippen LogP contribution in [0.5, 0.6) is 0 Å². The summed E-state index contributed by atoms with van der Waals surface area (Å²) < 4.78 is 25.9. The summed E-state index contributed by atoms with van der Waals surface area (Å²) in [6, 6.07) is 5.50. The van der Waals surface area contributed by atoms with Crippen molar-refractivity contribution in [2.24, 2.45) is 0 Å². The second-order valence-corrected chi connectivity index (χ2v) is 6.44. The van der Waals surface area contributed by atoms with Gasteiger partial charge in [-0.25, -0.2) is 13.2 Å². The third kappa shape index (κ3) is 2.26. The lowest BCUT2D eigenvalue weighted by Gasteiger charge is -2.33. The van der Waals surface area contributed by atoms with Crippen LogP contribution in [-0.4, -0.2) is 36.9 Å². The summed E-state index contributed by atoms with van der Waals surface area (Å²) in [5.74, 6) is -1.13. The molecule has 0 spiro atoms. The minimum absolute atomic E-state index is 0.0157. The van der Waals surface area contributed by atoms with Crippen molar-refractivity contribution in [1.29, 1.82) is 0 Å². The fraction of sp³-hybridized carbons (Fsp3) is 0.417. The van der Waals surface area contributed by atoms with Gasteiger partial charge in [-0.15, -0.1) is 0 Å². The molecule has 0 amide bonds. The molecule has 98 valence electrons. The van der Waals surface area contributed by atoms with Gasteiger partial charge in [-0.2, -0.15) is 4.31 Å². The van der Waals surface area contributed by atoms with Crippen LogP contribution in [0.3, 0.4) is 0 Å². The van der Waals surface area contributed by atoms with Gasteiger partial charge in [-0.05, 0) is 31.0 Å². The quantitative estimate of drug-likeness (QED) is 0.900. The molecule has 0 atom stereocenters. The van der Waals surface area contributed by atoms with E-state index >= 15 is 0 Å². The van der Waals surface area contributed by atoms with Gasteiger partial charge in [0.25, 0.3) is 0 Å². The van der Waals surface area contributed by atoms with E-state index in [2.05, 4.69) is 0 Å². The molecular weight excluding hydrogens is 254 g/mol. The molecule has 6 heteroatoms. The Morgan fingerprint density at radius 3 is 2.56 bits per heavy atom. The number of nitrogens with zero attached hydrogens (tertiary/aromatic N) is 1. The highest BCUT2D eigenvalue weighted by Crippen LogP contribution is 2.28. The molecule has 0 heterocycles. The van der Waals surface area contributed by atoms with Crippen LogP contribution in [0.1, 0.15) is 29.6 Å². The molecule has 1 fully saturated rings. The third-order valence-corrected chi connectivity index (χ3v) is 5.25. The van der Waals surface area contributed by atoms with Crippen LogP contribution in [0, 0.1) is 0 Å². The Hall–Kier alpha value is -1.40. The van der Waals surface area contributed by atoms with Crippen molar-refractivity contribution >= 4 is 16.0 Å². The standard InChI is InChI=1S/C12H15NO4S/c1-13(10-5-3-6-10)18(16,17)11-7-2-4-9(8-11)12(14)15/h2,4,7-8,10H,3,5-6H2,1H3,(H,14,15). The summed E-state index contributed by atoms with van der Waals surface area (Å²) in [5, 5.41) is 8.87. The smallest absolute Gasteiger partial charge is 0.335 e. The topological polar surface area (TPSA) is 74.7 Å². The maximum Gasteiger partial charge on any atom is 0.335 e. The molecule has 1 aromatic carbocycles. The lowest BCUT2D eigenvalue weighted by Crippen LogP contribution is -2.41. The number of hydrogen-bond acceptors (Lipinski definition) is 3. The summed E-state index contributed by atoms with van der Waals surface area (Å²) in [5.41, 5.74) is -0.0157. The molecule has 2 rings (SSSR count). The second kappa shape index (κ2) is 4.70. The molecule has 1 N–H and O–H groups in total. The van der Waals surface area contributed by atoms with Crippen LogP contribution in [-0.2, 0) is 10.0 Å². The average Bonchev–Trinajstić information content (AvgIpc) is 2.26. The van der Waals surface area contributed by atoms with Gasteiger partial charge >= 0.3 is 5.97 Å². The lowest BCUT2D eigenvalue weighted by molar-refractivity contribution is 0.0696. The first-order valence-corrected chi connectivity index (χ1v) is 7.18. The van der Waals surface area contributed by atoms with Crippen molar-refractivity contribution in [2.75, 3.05) is 7.05 Å². The minimum atomic E-state index is -3.59. The van der Waals surface area contributed by atoms with Gasteiger partial charge in [0.05, 0.1) is 10.5 Å². The first-order valence-electron chi connectivity index (χ1n) is 5.74. The van der Waals surface area contributed by atoms with E-state index < -0.39 is 16.0 Å². The Morgan fingerprint density at radius 1 is 1.39 bits per heavy atom. The van der Waals surface area contributed by atoms with E-state index in [4.69, 9.17) is 5.11 Å². The lowest BCUT2D eigenvalue weighted by atomic mass is 9.94. The Morgan fingerprint density at radius 2 is 2.06 bits per heavy atom. The highest BCUT2D eigenvalue weighted by atomic mass is 32.2. The highest BCUT2D eigenvalue weighted by Gasteiger charge is 2.31. The van der Waals surface area contributed by atoms with E-state index in [0.29, 0.717) is 0 Å². The van der Waals surface area contributed by atoms with Crippen molar-refractivity contribution in [3.05, 3.63) is 29.8 Å². The number of carbonyl (C=O) groups is 1. The number of carboxylic acids is 1. The van der Waals surface area contributed by atoms with Gasteiger partial charge in [0.2, 0.25) is 10.0 Å². The first kappa shape index (κ1) is 13.0. The Bertz CT molecular complexity index is 563. The Balaban J connectivity index is 2.34. The van der Waals surface area contributed by atoms with Crippen LogP contribution in [0.25, 0.3) is 0 Å². The average molecular weight is 269 g/mol. The van der Waals surface area contributed by atoms with Gasteiger partial charge in [0.15, 0.2) is 0 Å². The number of carboxylic acid groups (broad SMARTS) is 1. The van der Waals surface area contributed by atoms with Crippen LogP contribution in [0.2, 0.25) is 0 Å². The summed E-state index contributed by atoms with van der Waals surface area (Å²) in [7, 11) is -2.04. The molecule has 18 heavy (non-hydrogen) atoms. The zero-order valence-electron chi connectivity index (χ0n) is 10.0. The monoisotopic (exact) mass is 269 g/mol. The molecule has 1 saturated carbocycles. The summed E-state index contributed by atoms with van der Waals surface area (Å²) in [4.78, 5) is 10.9. The minimum Gasteiger partial charge on any atom is -0.478 e. The van der Waals surface area contributed by atoms with Crippen LogP contribution in [0.15, 0.2) is 29.2 Å². The fourth-order valence-electron chi connectivity index (χ4n) is 1.90. The van der Waals surface area contributed by atoms with Gasteiger partial charge in [0.1, 0.15) is 0 Å². The number of rotatable bonds is 4. The Kier molecular flexibility index (Phi) is 3.41. The molecule has 0 aliphatic heterocycles. The fourth-order valence-corrected chi connectivity index (χ4v) is 3.36. The maximum atomic E-state index is 12.3. The van der Waals surface area contributed by atoms with Gasteiger partial charge in [-0.1, -0.05) is 12.5 Å². The zero-order valence-corrected chi connectivity index (χ0v) is 10.9. The maximum absolute atomic E-state index is 12.3. The number of sulfonamides is 1. The number of aromatic carboxylic acids is 1. The van der Waals surface area contributed by atoms with Crippen LogP contribution >= 0.6 is 0 Å². The summed E-state index contributed by atoms with van der Waals surface area (Å²) in [6.45, 7) is 0. The molecule has 0 saturated heterocycles. The first-order chi connectivity index (χ1) is 8.43. The molecule has 5 nitrogen and oxygen atoms in total. The molecule has 1 aliphatic carbocycles. The van der Waals surface area contributed by atoms with E-state index in [1.54, 1.807) is 7.05 Å². The number of benzene rings is 1. The van der Waals surface area contributed by atoms with E-state index in [1.165, 1.54) is 28.6 Å². The van der Waals surface area contributed by atoms with E-state index in [9.17, 15) is 13.2 Å². The normalized spacial score (nSPS) is 16.6. The van der Waals surface area contributed by atoms with Crippen LogP contribution in [0.4, 0.5) is 0 Å². The Labute approximate surface area is 106 Å². The largest absolute Gasteiger partial charge is 0.478 e. The molecule has 0 bridgehead atoms. The SMILES string of the molecule is CN(C1CCC1)S(=O)(=O)c1cccc(C(=O)O)c1. The zero-order chi connectivity index (χ0) is 13.3. The van der Waals surface area contributed by atoms with Gasteiger partial charge in [-0.3, -0.25) is 0 Å². The van der Waals surface area contributed by atoms with E-state index in [1.807, 2.05) is 0 Å². The van der Waals surface area contributed by atoms with Gasteiger partial charge < -0.3 is 5.11 Å². The van der Waals surface area contributed by atoms with Crippen molar-refractivity contribution in [3.8, 4) is 0 Å².